The number of amides is 2. The summed E-state index contributed by atoms with van der Waals surface area (Å²) < 4.78 is 7.76. The number of aromatic nitrogens is 2. The van der Waals surface area contributed by atoms with Crippen molar-refractivity contribution in [3.05, 3.63) is 36.0 Å². The Kier molecular flexibility index (Phi) is 8.37. The maximum Gasteiger partial charge on any atom is 0.273 e. The van der Waals surface area contributed by atoms with Gasteiger partial charge in [-0.25, -0.2) is 0 Å². The van der Waals surface area contributed by atoms with Gasteiger partial charge in [0.1, 0.15) is 17.0 Å². The van der Waals surface area contributed by atoms with Crippen LogP contribution in [0.2, 0.25) is 0 Å². The van der Waals surface area contributed by atoms with E-state index >= 15 is 0 Å². The van der Waals surface area contributed by atoms with E-state index in [2.05, 4.69) is 26.1 Å². The molecular formula is C29H42N4O3. The molecule has 0 unspecified atom stereocenters. The van der Waals surface area contributed by atoms with Gasteiger partial charge in [0.2, 0.25) is 5.91 Å². The summed E-state index contributed by atoms with van der Waals surface area (Å²) in [7, 11) is 0. The molecule has 1 atom stereocenters. The zero-order valence-electron chi connectivity index (χ0n) is 22.4. The van der Waals surface area contributed by atoms with Crippen LogP contribution in [0.3, 0.4) is 0 Å². The fraction of sp³-hybridized carbons (Fsp3) is 0.621. The Balaban J connectivity index is 1.65. The van der Waals surface area contributed by atoms with E-state index in [9.17, 15) is 9.59 Å². The fourth-order valence-corrected chi connectivity index (χ4v) is 5.23. The number of hydrogen-bond donors (Lipinski definition) is 1. The lowest BCUT2D eigenvalue weighted by Crippen LogP contribution is -2.65. The van der Waals surface area contributed by atoms with Crippen molar-refractivity contribution >= 4 is 11.8 Å². The van der Waals surface area contributed by atoms with E-state index in [1.807, 2.05) is 37.3 Å². The Morgan fingerprint density at radius 1 is 1.22 bits per heavy atom. The molecule has 1 aliphatic carbocycles. The third kappa shape index (κ3) is 5.60. The van der Waals surface area contributed by atoms with E-state index in [1.165, 1.54) is 6.42 Å². The molecule has 1 fully saturated rings. The van der Waals surface area contributed by atoms with E-state index in [1.54, 1.807) is 9.58 Å². The number of carbonyl (C=O) groups excluding carboxylic acids is 2. The summed E-state index contributed by atoms with van der Waals surface area (Å²) in [5, 5.41) is 8.10. The largest absolute Gasteiger partial charge is 0.493 e. The minimum atomic E-state index is -0.989. The molecule has 1 aliphatic heterocycles. The monoisotopic (exact) mass is 494 g/mol. The molecule has 2 heterocycles. The Bertz CT molecular complexity index is 1060. The predicted octanol–water partition coefficient (Wildman–Crippen LogP) is 5.44. The van der Waals surface area contributed by atoms with E-state index in [4.69, 9.17) is 9.84 Å². The van der Waals surface area contributed by atoms with Crippen molar-refractivity contribution in [1.29, 1.82) is 0 Å². The summed E-state index contributed by atoms with van der Waals surface area (Å²) in [6.07, 6.45) is 8.41. The lowest BCUT2D eigenvalue weighted by molar-refractivity contribution is -0.134. The van der Waals surface area contributed by atoms with Crippen LogP contribution >= 0.6 is 0 Å². The Morgan fingerprint density at radius 3 is 2.69 bits per heavy atom. The normalized spacial score (nSPS) is 20.5. The van der Waals surface area contributed by atoms with Crippen molar-refractivity contribution in [1.82, 2.24) is 20.0 Å². The molecule has 36 heavy (non-hydrogen) atoms. The minimum absolute atomic E-state index is 0.0718. The first-order valence-corrected chi connectivity index (χ1v) is 13.8. The van der Waals surface area contributed by atoms with Crippen molar-refractivity contribution in [3.8, 4) is 17.0 Å². The van der Waals surface area contributed by atoms with Gasteiger partial charge in [0.25, 0.3) is 5.91 Å². The van der Waals surface area contributed by atoms with Crippen LogP contribution in [0.1, 0.15) is 89.5 Å². The summed E-state index contributed by atoms with van der Waals surface area (Å²) in [6, 6.07) is 9.87. The molecular weight excluding hydrogens is 452 g/mol. The third-order valence-electron chi connectivity index (χ3n) is 7.58. The van der Waals surface area contributed by atoms with Crippen LogP contribution in [0.4, 0.5) is 0 Å². The van der Waals surface area contributed by atoms with Gasteiger partial charge in [-0.3, -0.25) is 14.3 Å². The fourth-order valence-electron chi connectivity index (χ4n) is 5.23. The van der Waals surface area contributed by atoms with E-state index in [-0.39, 0.29) is 17.9 Å². The Hall–Kier alpha value is -2.83. The summed E-state index contributed by atoms with van der Waals surface area (Å²) in [5.41, 5.74) is 1.10. The molecule has 2 aromatic rings. The molecule has 0 saturated heterocycles. The van der Waals surface area contributed by atoms with Gasteiger partial charge in [0.15, 0.2) is 0 Å². The topological polar surface area (TPSA) is 76.5 Å². The van der Waals surface area contributed by atoms with Gasteiger partial charge in [0.05, 0.1) is 18.8 Å². The maximum atomic E-state index is 13.8. The number of nitrogens with one attached hydrogen (secondary N) is 1. The van der Waals surface area contributed by atoms with E-state index < -0.39 is 5.54 Å². The highest BCUT2D eigenvalue weighted by Crippen LogP contribution is 2.34. The molecule has 2 aliphatic rings. The zero-order chi connectivity index (χ0) is 25.7. The van der Waals surface area contributed by atoms with Crippen LogP contribution in [-0.2, 0) is 11.3 Å². The standard InChI is InChI=1S/C29H42N4O3/c1-5-6-18-36-26-15-11-10-14-23(26)24-19-25-27(34)32(17-16-21(2)3)29(4,20-33(25)31-24)28(35)30-22-12-8-7-9-13-22/h10-11,14-15,19,21-22H,5-9,12-13,16-18,20H2,1-4H3,(H,30,35)/t29-/m0/s1. The highest BCUT2D eigenvalue weighted by molar-refractivity contribution is 6.00. The van der Waals surface area contributed by atoms with Crippen LogP contribution in [0.5, 0.6) is 5.75 Å². The Morgan fingerprint density at radius 2 is 1.97 bits per heavy atom. The molecule has 7 heteroatoms. The van der Waals surface area contributed by atoms with Crippen LogP contribution in [0.15, 0.2) is 30.3 Å². The predicted molar refractivity (Wildman–Crippen MR) is 142 cm³/mol. The van der Waals surface area contributed by atoms with E-state index in [0.717, 1.165) is 56.3 Å². The number of nitrogens with zero attached hydrogens (tertiary/aromatic N) is 3. The van der Waals surface area contributed by atoms with Gasteiger partial charge in [0, 0.05) is 18.2 Å². The molecule has 4 rings (SSSR count). The van der Waals surface area contributed by atoms with Crippen molar-refractivity contribution in [2.75, 3.05) is 13.2 Å². The van der Waals surface area contributed by atoms with Crippen molar-refractivity contribution in [3.63, 3.8) is 0 Å². The van der Waals surface area contributed by atoms with Gasteiger partial charge in [-0.2, -0.15) is 5.10 Å². The SMILES string of the molecule is CCCCOc1ccccc1-c1cc2n(n1)C[C@@](C)(C(=O)NC1CCCCC1)N(CCC(C)C)C2=O. The Labute approximate surface area is 215 Å². The molecule has 2 amide bonds. The second kappa shape index (κ2) is 11.5. The van der Waals surface area contributed by atoms with E-state index in [0.29, 0.717) is 37.0 Å². The van der Waals surface area contributed by atoms with Crippen LogP contribution in [-0.4, -0.2) is 51.2 Å². The van der Waals surface area contributed by atoms with Crippen molar-refractivity contribution in [2.45, 2.75) is 97.2 Å². The first-order chi connectivity index (χ1) is 17.3. The molecule has 0 radical (unpaired) electrons. The van der Waals surface area contributed by atoms with Crippen molar-refractivity contribution in [2.24, 2.45) is 5.92 Å². The highest BCUT2D eigenvalue weighted by Gasteiger charge is 2.48. The van der Waals surface area contributed by atoms with Gasteiger partial charge in [-0.1, -0.05) is 58.6 Å². The average molecular weight is 495 g/mol. The van der Waals surface area contributed by atoms with Gasteiger partial charge in [-0.15, -0.1) is 0 Å². The summed E-state index contributed by atoms with van der Waals surface area (Å²) in [5.74, 6) is 0.991. The molecule has 196 valence electrons. The van der Waals surface area contributed by atoms with Crippen LogP contribution in [0.25, 0.3) is 11.3 Å². The number of unbranched alkanes of at least 4 members (excludes halogenated alkanes) is 1. The summed E-state index contributed by atoms with van der Waals surface area (Å²) in [6.45, 7) is 9.85. The molecule has 0 bridgehead atoms. The van der Waals surface area contributed by atoms with Gasteiger partial charge >= 0.3 is 0 Å². The second-order valence-corrected chi connectivity index (χ2v) is 11.0. The third-order valence-corrected chi connectivity index (χ3v) is 7.58. The first-order valence-electron chi connectivity index (χ1n) is 13.8. The minimum Gasteiger partial charge on any atom is -0.493 e. The number of hydrogen-bond acceptors (Lipinski definition) is 4. The molecule has 1 N–H and O–H groups in total. The molecule has 1 aromatic heterocycles. The number of fused-ring (bicyclic) bond motifs is 1. The zero-order valence-corrected chi connectivity index (χ0v) is 22.4. The molecule has 0 spiro atoms. The number of ether oxygens (including phenoxy) is 1. The highest BCUT2D eigenvalue weighted by atomic mass is 16.5. The second-order valence-electron chi connectivity index (χ2n) is 11.0. The lowest BCUT2D eigenvalue weighted by Gasteiger charge is -2.44. The number of para-hydroxylation sites is 1. The van der Waals surface area contributed by atoms with Crippen LogP contribution < -0.4 is 10.1 Å². The number of carbonyl (C=O) groups is 2. The molecule has 1 aromatic carbocycles. The smallest absolute Gasteiger partial charge is 0.273 e. The first kappa shape index (κ1) is 26.2. The van der Waals surface area contributed by atoms with Crippen LogP contribution in [0, 0.1) is 5.92 Å². The summed E-state index contributed by atoms with van der Waals surface area (Å²) >= 11 is 0. The molecule has 7 nitrogen and oxygen atoms in total. The number of benzene rings is 1. The quantitative estimate of drug-likeness (QED) is 0.446. The van der Waals surface area contributed by atoms with Gasteiger partial charge in [-0.05, 0) is 56.7 Å². The lowest BCUT2D eigenvalue weighted by atomic mass is 9.91. The molecule has 1 saturated carbocycles. The van der Waals surface area contributed by atoms with Gasteiger partial charge < -0.3 is 15.0 Å². The number of rotatable bonds is 10. The summed E-state index contributed by atoms with van der Waals surface area (Å²) in [4.78, 5) is 29.3. The van der Waals surface area contributed by atoms with Crippen molar-refractivity contribution < 1.29 is 14.3 Å². The maximum absolute atomic E-state index is 13.8. The average Bonchev–Trinajstić information content (AvgIpc) is 3.28.